The molecule has 1 heterocycles. The summed E-state index contributed by atoms with van der Waals surface area (Å²) >= 11 is 0. The second kappa shape index (κ2) is 5.18. The molecule has 0 bridgehead atoms. The number of nitrogens with one attached hydrogen (secondary N) is 1. The van der Waals surface area contributed by atoms with Crippen LogP contribution in [-0.2, 0) is 11.3 Å². The van der Waals surface area contributed by atoms with E-state index >= 15 is 0 Å². The Balaban J connectivity index is 2.70. The summed E-state index contributed by atoms with van der Waals surface area (Å²) in [6.45, 7) is 7.49. The maximum atomic E-state index is 11.6. The minimum absolute atomic E-state index is 0.0376. The fourth-order valence-corrected chi connectivity index (χ4v) is 1.32. The predicted molar refractivity (Wildman–Crippen MR) is 63.9 cm³/mol. The van der Waals surface area contributed by atoms with Crippen LogP contribution in [0.25, 0.3) is 0 Å². The maximum absolute atomic E-state index is 11.6. The lowest BCUT2D eigenvalue weighted by atomic mass is 10.2. The number of carbonyl (C=O) groups is 1. The van der Waals surface area contributed by atoms with E-state index in [0.717, 1.165) is 5.69 Å². The molecule has 96 valence electrons. The van der Waals surface area contributed by atoms with Gasteiger partial charge in [-0.3, -0.25) is 5.32 Å². The van der Waals surface area contributed by atoms with Gasteiger partial charge in [-0.2, -0.15) is 5.10 Å². The van der Waals surface area contributed by atoms with Gasteiger partial charge >= 0.3 is 6.09 Å². The molecule has 0 radical (unpaired) electrons. The molecule has 17 heavy (non-hydrogen) atoms. The molecule has 0 fully saturated rings. The lowest BCUT2D eigenvalue weighted by Crippen LogP contribution is -2.28. The number of ether oxygens (including phenoxy) is 1. The quantitative estimate of drug-likeness (QED) is 0.841. The normalized spacial score (nSPS) is 11.4. The molecular weight excluding hydrogens is 222 g/mol. The van der Waals surface area contributed by atoms with Crippen molar-refractivity contribution in [1.29, 1.82) is 0 Å². The zero-order valence-corrected chi connectivity index (χ0v) is 10.6. The minimum Gasteiger partial charge on any atom is -0.444 e. The molecule has 0 unspecified atom stereocenters. The Kier molecular flexibility index (Phi) is 4.11. The highest BCUT2D eigenvalue weighted by Gasteiger charge is 2.17. The van der Waals surface area contributed by atoms with E-state index in [4.69, 9.17) is 9.84 Å². The summed E-state index contributed by atoms with van der Waals surface area (Å²) in [5.74, 6) is 0.519. The van der Waals surface area contributed by atoms with Crippen molar-refractivity contribution in [2.45, 2.75) is 39.8 Å². The van der Waals surface area contributed by atoms with Crippen molar-refractivity contribution in [1.82, 2.24) is 9.78 Å². The van der Waals surface area contributed by atoms with Crippen molar-refractivity contribution in [2.75, 3.05) is 11.9 Å². The third-order valence-electron chi connectivity index (χ3n) is 1.84. The first kappa shape index (κ1) is 13.5. The molecule has 1 rings (SSSR count). The molecule has 0 aliphatic carbocycles. The van der Waals surface area contributed by atoms with E-state index < -0.39 is 11.7 Å². The average molecular weight is 241 g/mol. The Hall–Kier alpha value is -1.56. The molecule has 0 saturated carbocycles. The minimum atomic E-state index is -0.541. The summed E-state index contributed by atoms with van der Waals surface area (Å²) in [6.07, 6.45) is -0.531. The Morgan fingerprint density at radius 1 is 1.59 bits per heavy atom. The molecule has 0 spiro atoms. The fraction of sp³-hybridized carbons (Fsp3) is 0.636. The summed E-state index contributed by atoms with van der Waals surface area (Å²) in [4.78, 5) is 11.6. The van der Waals surface area contributed by atoms with E-state index in [1.165, 1.54) is 4.68 Å². The van der Waals surface area contributed by atoms with Gasteiger partial charge in [0.15, 0.2) is 0 Å². The largest absolute Gasteiger partial charge is 0.444 e. The molecule has 1 aromatic heterocycles. The highest BCUT2D eigenvalue weighted by Crippen LogP contribution is 2.13. The van der Waals surface area contributed by atoms with Gasteiger partial charge in [-0.15, -0.1) is 0 Å². The van der Waals surface area contributed by atoms with E-state index in [-0.39, 0.29) is 6.61 Å². The van der Waals surface area contributed by atoms with Crippen molar-refractivity contribution in [2.24, 2.45) is 0 Å². The zero-order chi connectivity index (χ0) is 13.1. The summed E-state index contributed by atoms with van der Waals surface area (Å²) in [5.41, 5.74) is 0.227. The standard InChI is InChI=1S/C11H19N3O3/c1-8-7-9(14(13-8)5-6-15)12-10(16)17-11(2,3)4/h7,15H,5-6H2,1-4H3,(H,12,16). The van der Waals surface area contributed by atoms with Crippen LogP contribution >= 0.6 is 0 Å². The number of anilines is 1. The molecule has 0 saturated heterocycles. The summed E-state index contributed by atoms with van der Waals surface area (Å²) < 4.78 is 6.66. The number of carbonyl (C=O) groups excluding carboxylic acids is 1. The van der Waals surface area contributed by atoms with Crippen LogP contribution in [0.1, 0.15) is 26.5 Å². The van der Waals surface area contributed by atoms with Crippen LogP contribution in [0.2, 0.25) is 0 Å². The number of aryl methyl sites for hydroxylation is 1. The van der Waals surface area contributed by atoms with E-state index in [9.17, 15) is 4.79 Å². The summed E-state index contributed by atoms with van der Waals surface area (Å²) in [7, 11) is 0. The van der Waals surface area contributed by atoms with Crippen molar-refractivity contribution < 1.29 is 14.6 Å². The van der Waals surface area contributed by atoms with Crippen LogP contribution < -0.4 is 5.32 Å². The molecule has 0 aromatic carbocycles. The van der Waals surface area contributed by atoms with Gasteiger partial charge < -0.3 is 9.84 Å². The number of hydrogen-bond acceptors (Lipinski definition) is 4. The highest BCUT2D eigenvalue weighted by atomic mass is 16.6. The van der Waals surface area contributed by atoms with Gasteiger partial charge in [-0.1, -0.05) is 0 Å². The zero-order valence-electron chi connectivity index (χ0n) is 10.6. The molecular formula is C11H19N3O3. The first-order valence-corrected chi connectivity index (χ1v) is 5.47. The van der Waals surface area contributed by atoms with Crippen molar-refractivity contribution in [3.63, 3.8) is 0 Å². The van der Waals surface area contributed by atoms with Crippen LogP contribution in [-0.4, -0.2) is 33.2 Å². The number of aliphatic hydroxyl groups is 1. The van der Waals surface area contributed by atoms with Crippen molar-refractivity contribution >= 4 is 11.9 Å². The predicted octanol–water partition coefficient (Wildman–Crippen LogP) is 1.53. The van der Waals surface area contributed by atoms with Gasteiger partial charge in [0, 0.05) is 6.07 Å². The van der Waals surface area contributed by atoms with Crippen molar-refractivity contribution in [3.8, 4) is 0 Å². The Morgan fingerprint density at radius 2 is 2.24 bits per heavy atom. The third-order valence-corrected chi connectivity index (χ3v) is 1.84. The molecule has 6 heteroatoms. The first-order valence-electron chi connectivity index (χ1n) is 5.47. The molecule has 0 aliphatic rings. The monoisotopic (exact) mass is 241 g/mol. The number of aromatic nitrogens is 2. The van der Waals surface area contributed by atoms with Crippen LogP contribution in [0.5, 0.6) is 0 Å². The molecule has 1 amide bonds. The van der Waals surface area contributed by atoms with E-state index in [1.54, 1.807) is 26.8 Å². The Bertz CT molecular complexity index is 393. The second-order valence-electron chi connectivity index (χ2n) is 4.74. The van der Waals surface area contributed by atoms with Crippen LogP contribution in [0.3, 0.4) is 0 Å². The average Bonchev–Trinajstić information content (AvgIpc) is 2.43. The SMILES string of the molecule is Cc1cc(NC(=O)OC(C)(C)C)n(CCO)n1. The van der Waals surface area contributed by atoms with E-state index in [1.807, 2.05) is 6.92 Å². The Labute approximate surface area is 101 Å². The summed E-state index contributed by atoms with van der Waals surface area (Å²) in [5, 5.41) is 15.6. The number of amides is 1. The van der Waals surface area contributed by atoms with Crippen LogP contribution in [0, 0.1) is 6.92 Å². The lowest BCUT2D eigenvalue weighted by molar-refractivity contribution is 0.0634. The first-order chi connectivity index (χ1) is 7.81. The molecule has 6 nitrogen and oxygen atoms in total. The molecule has 0 aliphatic heterocycles. The lowest BCUT2D eigenvalue weighted by Gasteiger charge is -2.19. The van der Waals surface area contributed by atoms with Gasteiger partial charge in [0.1, 0.15) is 11.4 Å². The second-order valence-corrected chi connectivity index (χ2v) is 4.74. The highest BCUT2D eigenvalue weighted by molar-refractivity contribution is 5.83. The van der Waals surface area contributed by atoms with E-state index in [2.05, 4.69) is 10.4 Å². The Morgan fingerprint density at radius 3 is 2.76 bits per heavy atom. The van der Waals surface area contributed by atoms with Crippen molar-refractivity contribution in [3.05, 3.63) is 11.8 Å². The van der Waals surface area contributed by atoms with Crippen LogP contribution in [0.4, 0.5) is 10.6 Å². The number of hydrogen-bond donors (Lipinski definition) is 2. The third kappa shape index (κ3) is 4.44. The molecule has 2 N–H and O–H groups in total. The summed E-state index contributed by atoms with van der Waals surface area (Å²) in [6, 6.07) is 1.72. The molecule has 0 atom stereocenters. The van der Waals surface area contributed by atoms with Crippen LogP contribution in [0.15, 0.2) is 6.07 Å². The fourth-order valence-electron chi connectivity index (χ4n) is 1.32. The van der Waals surface area contributed by atoms with Gasteiger partial charge in [-0.25, -0.2) is 9.48 Å². The van der Waals surface area contributed by atoms with Gasteiger partial charge in [0.05, 0.1) is 18.8 Å². The number of rotatable bonds is 3. The van der Waals surface area contributed by atoms with E-state index in [0.29, 0.717) is 12.4 Å². The van der Waals surface area contributed by atoms with Gasteiger partial charge in [0.2, 0.25) is 0 Å². The maximum Gasteiger partial charge on any atom is 0.413 e. The van der Waals surface area contributed by atoms with Gasteiger partial charge in [0.25, 0.3) is 0 Å². The number of aliphatic hydroxyl groups excluding tert-OH is 1. The molecule has 1 aromatic rings. The smallest absolute Gasteiger partial charge is 0.413 e. The number of nitrogens with zero attached hydrogens (tertiary/aromatic N) is 2. The van der Waals surface area contributed by atoms with Gasteiger partial charge in [-0.05, 0) is 27.7 Å². The topological polar surface area (TPSA) is 76.4 Å².